The topological polar surface area (TPSA) is 47.4 Å². The molecule has 1 aliphatic carbocycles. The minimum Gasteiger partial charge on any atom is -0.827 e. The predicted octanol–water partition coefficient (Wildman–Crippen LogP) is 8.14. The van der Waals surface area contributed by atoms with Crippen LogP contribution < -0.4 is 14.7 Å². The van der Waals surface area contributed by atoms with Crippen LogP contribution in [0, 0.1) is 55.0 Å². The summed E-state index contributed by atoms with van der Waals surface area (Å²) in [6, 6.07) is 12.9. The van der Waals surface area contributed by atoms with Gasteiger partial charge in [-0.3, -0.25) is 0 Å². The Morgan fingerprint density at radius 1 is 0.854 bits per heavy atom. The minimum atomic E-state index is -1.89. The maximum Gasteiger partial charge on any atom is 0.235 e. The summed E-state index contributed by atoms with van der Waals surface area (Å²) in [5.41, 5.74) is 1.63. The van der Waals surface area contributed by atoms with Crippen molar-refractivity contribution in [2.24, 2.45) is 0 Å². The fourth-order valence-corrected chi connectivity index (χ4v) is 5.44. The molecule has 0 unspecified atom stereocenters. The Morgan fingerprint density at radius 2 is 1.37 bits per heavy atom. The third kappa shape index (κ3) is 8.20. The number of rotatable bonds is 6. The van der Waals surface area contributed by atoms with Crippen LogP contribution in [0.15, 0.2) is 42.3 Å². The molecule has 222 valence electrons. The zero-order valence-corrected chi connectivity index (χ0v) is 29.0. The van der Waals surface area contributed by atoms with Gasteiger partial charge in [0.1, 0.15) is 18.2 Å². The van der Waals surface area contributed by atoms with Gasteiger partial charge in [0.05, 0.1) is 7.11 Å². The van der Waals surface area contributed by atoms with Crippen molar-refractivity contribution in [3.63, 3.8) is 0 Å². The standard InChI is InChI=1S/C25H33NO3Si.C10H15.Fe/c1-18(19-10-11-21-16-23(28-5)13-12-20(21)15-19)24(27)26-14-8-9-22(26)17-29-30(6,7)25(2,3)4;1-6-7(2)9(4)10(5)8(6)3;/h8-16,27H,17H2,1-7H3;1-5H3;/q+1;;/p-1/b24-18-;;. The van der Waals surface area contributed by atoms with Crippen molar-refractivity contribution in [1.82, 2.24) is 4.90 Å². The molecule has 1 aliphatic heterocycles. The molecule has 6 heteroatoms. The SMILES string of the molecule is COc1ccc2cc(/C(C)=C(\[O-])[N+]3[CH][CH][CH][C]3CO[Si](C)(C)C(C)(C)C)ccc2c1.C[C]1[C](C)[C](C)[C](C)[C]1C.[Fe]. The van der Waals surface area contributed by atoms with E-state index in [4.69, 9.17) is 9.16 Å². The van der Waals surface area contributed by atoms with E-state index in [1.54, 1.807) is 12.0 Å². The van der Waals surface area contributed by atoms with E-state index >= 15 is 0 Å². The van der Waals surface area contributed by atoms with Crippen molar-refractivity contribution >= 4 is 24.7 Å². The van der Waals surface area contributed by atoms with E-state index in [2.05, 4.69) is 74.6 Å². The average Bonchev–Trinajstić information content (AvgIpc) is 3.46. The Labute approximate surface area is 262 Å². The van der Waals surface area contributed by atoms with E-state index in [1.807, 2.05) is 56.6 Å². The molecule has 1 saturated heterocycles. The van der Waals surface area contributed by atoms with Crippen LogP contribution in [0.3, 0.4) is 0 Å². The van der Waals surface area contributed by atoms with Gasteiger partial charge < -0.3 is 14.3 Å². The van der Waals surface area contributed by atoms with Crippen LogP contribution in [0.1, 0.15) is 67.9 Å². The summed E-state index contributed by atoms with van der Waals surface area (Å²) >= 11 is 0. The zero-order valence-electron chi connectivity index (χ0n) is 26.9. The molecule has 10 radical (unpaired) electrons. The van der Waals surface area contributed by atoms with Gasteiger partial charge in [0.2, 0.25) is 6.04 Å². The summed E-state index contributed by atoms with van der Waals surface area (Å²) in [6.45, 7) is 26.3. The molecule has 1 saturated carbocycles. The van der Waals surface area contributed by atoms with Gasteiger partial charge in [-0.25, -0.2) is 0 Å². The van der Waals surface area contributed by atoms with Crippen LogP contribution in [-0.2, 0) is 21.5 Å². The van der Waals surface area contributed by atoms with E-state index in [0.29, 0.717) is 12.2 Å². The Kier molecular flexibility index (Phi) is 12.6. The van der Waals surface area contributed by atoms with Crippen molar-refractivity contribution in [3.05, 3.63) is 103 Å². The predicted molar refractivity (Wildman–Crippen MR) is 169 cm³/mol. The van der Waals surface area contributed by atoms with Gasteiger partial charge in [-0.1, -0.05) is 73.6 Å². The van der Waals surface area contributed by atoms with E-state index in [-0.39, 0.29) is 28.0 Å². The molecular weight excluding hydrogens is 566 g/mol. The molecule has 2 aromatic rings. The number of benzene rings is 2. The van der Waals surface area contributed by atoms with Gasteiger partial charge in [0, 0.05) is 35.5 Å². The first kappa shape index (κ1) is 35.9. The number of allylic oxidation sites excluding steroid dienone is 1. The fraction of sp³-hybridized carbons (Fsp3) is 0.400. The first-order valence-electron chi connectivity index (χ1n) is 14.0. The smallest absolute Gasteiger partial charge is 0.235 e. The third-order valence-corrected chi connectivity index (χ3v) is 13.5. The second-order valence-corrected chi connectivity index (χ2v) is 17.2. The maximum absolute atomic E-state index is 13.2. The number of methoxy groups -OCH3 is 1. The number of ether oxygens (including phenoxy) is 1. The van der Waals surface area contributed by atoms with Crippen LogP contribution >= 0.6 is 0 Å². The molecule has 0 bridgehead atoms. The zero-order chi connectivity index (χ0) is 30.0. The van der Waals surface area contributed by atoms with E-state index < -0.39 is 8.32 Å². The van der Waals surface area contributed by atoms with Crippen LogP contribution in [0.4, 0.5) is 0 Å². The summed E-state index contributed by atoms with van der Waals surface area (Å²) < 4.78 is 11.6. The monoisotopic (exact) mass is 613 g/mol. The summed E-state index contributed by atoms with van der Waals surface area (Å²) in [4.78, 5) is 1.71. The van der Waals surface area contributed by atoms with Crippen LogP contribution in [-0.4, -0.2) is 22.0 Å². The van der Waals surface area contributed by atoms with Crippen LogP contribution in [0.5, 0.6) is 5.75 Å². The van der Waals surface area contributed by atoms with Crippen molar-refractivity contribution in [3.8, 4) is 5.75 Å². The summed E-state index contributed by atoms with van der Waals surface area (Å²) in [7, 11) is -0.228. The molecule has 2 aromatic carbocycles. The fourth-order valence-electron chi connectivity index (χ4n) is 4.50. The first-order chi connectivity index (χ1) is 18.6. The Morgan fingerprint density at radius 3 is 1.88 bits per heavy atom. The van der Waals surface area contributed by atoms with E-state index in [1.165, 1.54) is 29.6 Å². The molecule has 4 nitrogen and oxygen atoms in total. The summed E-state index contributed by atoms with van der Waals surface area (Å²) in [5, 5.41) is 15.5. The van der Waals surface area contributed by atoms with Gasteiger partial charge >= 0.3 is 0 Å². The molecule has 0 atom stereocenters. The van der Waals surface area contributed by atoms with Crippen molar-refractivity contribution in [2.45, 2.75) is 80.4 Å². The molecule has 4 rings (SSSR count). The largest absolute Gasteiger partial charge is 0.827 e. The summed E-state index contributed by atoms with van der Waals surface area (Å²) in [6.07, 6.45) is 3.87. The van der Waals surface area contributed by atoms with Crippen LogP contribution in [0.25, 0.3) is 16.3 Å². The normalized spacial score (nSPS) is 19.7. The Balaban J connectivity index is 0.000000452. The Bertz CT molecular complexity index is 1130. The number of fused-ring (bicyclic) bond motifs is 1. The van der Waals surface area contributed by atoms with E-state index in [0.717, 1.165) is 28.1 Å². The number of hydrogen-bond donors (Lipinski definition) is 0. The Hall–Kier alpha value is -1.30. The second kappa shape index (κ2) is 14.4. The van der Waals surface area contributed by atoms with Gasteiger partial charge in [-0.2, -0.15) is 0 Å². The van der Waals surface area contributed by atoms with Gasteiger partial charge in [-0.15, -0.1) is 4.90 Å². The quantitative estimate of drug-likeness (QED) is 0.188. The number of likely N-dealkylation sites (tertiary alicyclic amines) is 1. The van der Waals surface area contributed by atoms with Gasteiger partial charge in [-0.05, 0) is 89.2 Å². The molecule has 0 N–H and O–H groups in total. The van der Waals surface area contributed by atoms with Gasteiger partial charge in [0.25, 0.3) is 0 Å². The number of hydrogen-bond acceptors (Lipinski definition) is 4. The van der Waals surface area contributed by atoms with Crippen molar-refractivity contribution < 1.29 is 31.3 Å². The average molecular weight is 614 g/mol. The molecule has 41 heavy (non-hydrogen) atoms. The molecule has 0 aromatic heterocycles. The third-order valence-electron chi connectivity index (χ3n) is 9.05. The van der Waals surface area contributed by atoms with E-state index in [9.17, 15) is 5.11 Å². The number of nitrogens with zero attached hydrogens (tertiary/aromatic N) is 1. The van der Waals surface area contributed by atoms with Gasteiger partial charge in [0.15, 0.2) is 14.9 Å². The maximum atomic E-state index is 13.2. The molecule has 1 heterocycles. The molecule has 2 fully saturated rings. The first-order valence-corrected chi connectivity index (χ1v) is 17.0. The molecule has 0 spiro atoms. The molecule has 2 aliphatic rings. The van der Waals surface area contributed by atoms with Crippen LogP contribution in [0.2, 0.25) is 18.1 Å². The molecule has 0 amide bonds. The molecular formula is C35H47FeNO3Si. The minimum absolute atomic E-state index is 0. The van der Waals surface area contributed by atoms with Crippen molar-refractivity contribution in [1.29, 1.82) is 0 Å². The van der Waals surface area contributed by atoms with Crippen molar-refractivity contribution in [2.75, 3.05) is 13.7 Å². The second-order valence-electron chi connectivity index (χ2n) is 12.4. The summed E-state index contributed by atoms with van der Waals surface area (Å²) in [5.74, 6) is 8.14.